The molecule has 0 unspecified atom stereocenters. The summed E-state index contributed by atoms with van der Waals surface area (Å²) >= 11 is 6.28. The number of Topliss-reactive ketones (excluding diaryl/α,β-unsaturated/α-hetero) is 1. The van der Waals surface area contributed by atoms with Gasteiger partial charge in [-0.3, -0.25) is 24.0 Å². The van der Waals surface area contributed by atoms with Gasteiger partial charge in [0.1, 0.15) is 12.1 Å². The summed E-state index contributed by atoms with van der Waals surface area (Å²) in [6.07, 6.45) is 16.4. The minimum atomic E-state index is -1.00. The standard InChI is InChI=1S/C39H54ClN5O6/c40-28-16-12-15-27(22-28)32-23-39(51-44-32)24-33-36(48)43-30(35(47)37(49)41-29-19-20-29)17-10-4-2-1-3-5-11-18-31(38(50)45(33)25-39)42-34(46)21-26-13-8-6-7-9-14-26/h12,15-16,22,26,29-31,33H,1-11,13-14,17-21,23-25H2,(H,41,49)(H,42,46)(H,43,48)/t30-,31-,33-,39+/m0/s1. The van der Waals surface area contributed by atoms with Gasteiger partial charge in [0.05, 0.1) is 18.3 Å². The predicted molar refractivity (Wildman–Crippen MR) is 194 cm³/mol. The molecule has 5 aliphatic rings. The fourth-order valence-corrected chi connectivity index (χ4v) is 8.44. The number of hydrogen-bond donors (Lipinski definition) is 3. The number of halogens is 1. The number of nitrogens with zero attached hydrogens (tertiary/aromatic N) is 2. The molecule has 4 fully saturated rings. The van der Waals surface area contributed by atoms with Gasteiger partial charge < -0.3 is 25.7 Å². The van der Waals surface area contributed by atoms with E-state index in [1.54, 1.807) is 12.1 Å². The Hall–Kier alpha value is -3.47. The number of rotatable bonds is 7. The Morgan fingerprint density at radius 1 is 0.882 bits per heavy atom. The Morgan fingerprint density at radius 3 is 2.24 bits per heavy atom. The predicted octanol–water partition coefficient (Wildman–Crippen LogP) is 5.51. The van der Waals surface area contributed by atoms with Gasteiger partial charge in [0.25, 0.3) is 5.91 Å². The SMILES string of the molecule is O=C(CC1CCCCCC1)N[C@H]1CCCCCCCCC[C@@H](C(=O)C(=O)NC2CC2)NC(=O)[C@@H]2C[C@]3(CC(c4cccc(Cl)c4)=NO3)CN2C1=O. The van der Waals surface area contributed by atoms with Gasteiger partial charge in [0.2, 0.25) is 23.5 Å². The third-order valence-corrected chi connectivity index (χ3v) is 11.6. The zero-order chi connectivity index (χ0) is 35.8. The lowest BCUT2D eigenvalue weighted by atomic mass is 9.91. The van der Waals surface area contributed by atoms with Gasteiger partial charge in [-0.2, -0.15) is 0 Å². The number of carbonyl (C=O) groups excluding carboxylic acids is 5. The summed E-state index contributed by atoms with van der Waals surface area (Å²) in [4.78, 5) is 76.4. The van der Waals surface area contributed by atoms with E-state index in [0.29, 0.717) is 48.8 Å². The Labute approximate surface area is 306 Å². The van der Waals surface area contributed by atoms with Crippen LogP contribution in [-0.4, -0.2) is 76.3 Å². The van der Waals surface area contributed by atoms with Crippen LogP contribution in [0.25, 0.3) is 0 Å². The van der Waals surface area contributed by atoms with Gasteiger partial charge in [-0.25, -0.2) is 0 Å². The number of hydrogen-bond acceptors (Lipinski definition) is 7. The summed E-state index contributed by atoms with van der Waals surface area (Å²) in [7, 11) is 0. The highest BCUT2D eigenvalue weighted by molar-refractivity contribution is 6.38. The van der Waals surface area contributed by atoms with Gasteiger partial charge in [0.15, 0.2) is 5.60 Å². The van der Waals surface area contributed by atoms with E-state index in [-0.39, 0.29) is 30.8 Å². The third kappa shape index (κ3) is 10.1. The first-order valence-electron chi connectivity index (χ1n) is 19.5. The molecule has 3 N–H and O–H groups in total. The molecule has 51 heavy (non-hydrogen) atoms. The average Bonchev–Trinajstić information content (AvgIpc) is 3.79. The molecule has 11 nitrogen and oxygen atoms in total. The van der Waals surface area contributed by atoms with Crippen molar-refractivity contribution in [2.24, 2.45) is 11.1 Å². The smallest absolute Gasteiger partial charge is 0.289 e. The molecule has 2 saturated heterocycles. The number of amides is 4. The molecule has 0 aromatic heterocycles. The molecule has 1 aromatic carbocycles. The van der Waals surface area contributed by atoms with Gasteiger partial charge >= 0.3 is 0 Å². The maximum atomic E-state index is 14.6. The van der Waals surface area contributed by atoms with Gasteiger partial charge in [-0.1, -0.05) is 99.5 Å². The van der Waals surface area contributed by atoms with Crippen molar-refractivity contribution in [2.45, 2.75) is 158 Å². The van der Waals surface area contributed by atoms with Crippen LogP contribution in [0.1, 0.15) is 134 Å². The van der Waals surface area contributed by atoms with Crippen LogP contribution in [-0.2, 0) is 28.8 Å². The number of ketones is 1. The van der Waals surface area contributed by atoms with Crippen LogP contribution in [0.5, 0.6) is 0 Å². The van der Waals surface area contributed by atoms with Gasteiger partial charge in [-0.05, 0) is 56.6 Å². The number of nitrogens with one attached hydrogen (secondary N) is 3. The Balaban J connectivity index is 1.24. The molecule has 2 aliphatic carbocycles. The van der Waals surface area contributed by atoms with Crippen LogP contribution < -0.4 is 16.0 Å². The van der Waals surface area contributed by atoms with Crippen LogP contribution >= 0.6 is 11.6 Å². The normalized spacial score (nSPS) is 28.6. The molecule has 1 spiro atoms. The third-order valence-electron chi connectivity index (χ3n) is 11.3. The van der Waals surface area contributed by atoms with E-state index in [0.717, 1.165) is 82.6 Å². The Bertz CT molecular complexity index is 1470. The fraction of sp³-hybridized carbons (Fsp3) is 0.692. The van der Waals surface area contributed by atoms with Crippen LogP contribution in [0.3, 0.4) is 0 Å². The zero-order valence-corrected chi connectivity index (χ0v) is 30.5. The molecule has 1 aromatic rings. The topological polar surface area (TPSA) is 146 Å². The van der Waals surface area contributed by atoms with Gasteiger partial charge in [0, 0.05) is 35.9 Å². The molecule has 278 valence electrons. The highest BCUT2D eigenvalue weighted by atomic mass is 35.5. The summed E-state index contributed by atoms with van der Waals surface area (Å²) in [5.41, 5.74) is 0.491. The van der Waals surface area contributed by atoms with Crippen molar-refractivity contribution >= 4 is 46.7 Å². The van der Waals surface area contributed by atoms with Crippen molar-refractivity contribution in [1.82, 2.24) is 20.9 Å². The molecule has 6 rings (SSSR count). The van der Waals surface area contributed by atoms with Gasteiger partial charge in [-0.15, -0.1) is 0 Å². The number of benzene rings is 1. The monoisotopic (exact) mass is 723 g/mol. The molecular weight excluding hydrogens is 670 g/mol. The molecule has 12 heteroatoms. The maximum absolute atomic E-state index is 14.6. The first kappa shape index (κ1) is 37.3. The maximum Gasteiger partial charge on any atom is 0.289 e. The molecule has 3 heterocycles. The zero-order valence-electron chi connectivity index (χ0n) is 29.8. The summed E-state index contributed by atoms with van der Waals surface area (Å²) in [5.74, 6) is -1.99. The minimum Gasteiger partial charge on any atom is -0.387 e. The van der Waals surface area contributed by atoms with E-state index in [9.17, 15) is 24.0 Å². The molecule has 0 radical (unpaired) electrons. The summed E-state index contributed by atoms with van der Waals surface area (Å²) in [5, 5.41) is 13.7. The van der Waals surface area contributed by atoms with E-state index < -0.39 is 41.3 Å². The van der Waals surface area contributed by atoms with Crippen molar-refractivity contribution in [3.63, 3.8) is 0 Å². The molecular formula is C39H54ClN5O6. The minimum absolute atomic E-state index is 0.00839. The number of carbonyl (C=O) groups is 5. The van der Waals surface area contributed by atoms with E-state index in [1.165, 1.54) is 17.7 Å². The van der Waals surface area contributed by atoms with E-state index in [4.69, 9.17) is 16.4 Å². The van der Waals surface area contributed by atoms with Crippen molar-refractivity contribution in [1.29, 1.82) is 0 Å². The second kappa shape index (κ2) is 17.4. The molecule has 4 atom stereocenters. The summed E-state index contributed by atoms with van der Waals surface area (Å²) in [6, 6.07) is 4.54. The Morgan fingerprint density at radius 2 is 1.55 bits per heavy atom. The van der Waals surface area contributed by atoms with Crippen LogP contribution in [0.15, 0.2) is 29.4 Å². The quantitative estimate of drug-likeness (QED) is 0.250. The lowest BCUT2D eigenvalue weighted by Gasteiger charge is -2.30. The van der Waals surface area contributed by atoms with Crippen molar-refractivity contribution < 1.29 is 28.8 Å². The second-order valence-electron chi connectivity index (χ2n) is 15.6. The molecule has 0 bridgehead atoms. The molecule has 4 amide bonds. The van der Waals surface area contributed by atoms with E-state index in [2.05, 4.69) is 21.1 Å². The molecule has 3 aliphatic heterocycles. The lowest BCUT2D eigenvalue weighted by molar-refractivity contribution is -0.143. The van der Waals surface area contributed by atoms with Crippen LogP contribution in [0.2, 0.25) is 5.02 Å². The number of oxime groups is 1. The summed E-state index contributed by atoms with van der Waals surface area (Å²) < 4.78 is 0. The highest BCUT2D eigenvalue weighted by Gasteiger charge is 2.55. The van der Waals surface area contributed by atoms with Crippen molar-refractivity contribution in [2.75, 3.05) is 6.54 Å². The van der Waals surface area contributed by atoms with E-state index in [1.807, 2.05) is 12.1 Å². The van der Waals surface area contributed by atoms with E-state index >= 15 is 0 Å². The highest BCUT2D eigenvalue weighted by Crippen LogP contribution is 2.40. The second-order valence-corrected chi connectivity index (χ2v) is 16.0. The molecule has 2 saturated carbocycles. The van der Waals surface area contributed by atoms with Crippen LogP contribution in [0.4, 0.5) is 0 Å². The first-order valence-corrected chi connectivity index (χ1v) is 19.8. The van der Waals surface area contributed by atoms with Crippen molar-refractivity contribution in [3.8, 4) is 0 Å². The Kier molecular flexibility index (Phi) is 12.7. The number of fused-ring (bicyclic) bond motifs is 1. The van der Waals surface area contributed by atoms with Crippen molar-refractivity contribution in [3.05, 3.63) is 34.9 Å². The fourth-order valence-electron chi connectivity index (χ4n) is 8.25. The first-order chi connectivity index (χ1) is 24.7. The summed E-state index contributed by atoms with van der Waals surface area (Å²) in [6.45, 7) is 0.0905. The lowest BCUT2D eigenvalue weighted by Crippen LogP contribution is -2.56. The largest absolute Gasteiger partial charge is 0.387 e. The van der Waals surface area contributed by atoms with Crippen LogP contribution in [0, 0.1) is 5.92 Å². The average molecular weight is 724 g/mol.